The van der Waals surface area contributed by atoms with E-state index in [1.54, 1.807) is 11.6 Å². The van der Waals surface area contributed by atoms with Crippen molar-refractivity contribution in [2.75, 3.05) is 0 Å². The summed E-state index contributed by atoms with van der Waals surface area (Å²) < 4.78 is 0.828. The van der Waals surface area contributed by atoms with Crippen LogP contribution in [0.25, 0.3) is 10.2 Å². The zero-order valence-electron chi connectivity index (χ0n) is 10.8. The minimum absolute atomic E-state index is 0.132. The molecule has 21 heavy (non-hydrogen) atoms. The van der Waals surface area contributed by atoms with E-state index in [1.807, 2.05) is 42.5 Å². The Bertz CT molecular complexity index is 817. The Hall–Kier alpha value is -2.24. The van der Waals surface area contributed by atoms with Gasteiger partial charge in [0.05, 0.1) is 15.8 Å². The molecular formula is C15H10ClN3OS. The SMILES string of the molecule is O=C(NC1=C/C=C\C=C/C=C1)c1csc2cnc(Cl)nc12. The fraction of sp³-hybridized carbons (Fsp3) is 0. The normalized spacial score (nSPS) is 16.9. The van der Waals surface area contributed by atoms with Gasteiger partial charge in [-0.15, -0.1) is 11.3 Å². The Morgan fingerprint density at radius 3 is 2.90 bits per heavy atom. The number of hydrogen-bond acceptors (Lipinski definition) is 4. The first-order valence-corrected chi connectivity index (χ1v) is 7.42. The minimum Gasteiger partial charge on any atom is -0.322 e. The van der Waals surface area contributed by atoms with E-state index in [9.17, 15) is 4.79 Å². The number of thiophene rings is 1. The molecular weight excluding hydrogens is 306 g/mol. The first-order chi connectivity index (χ1) is 10.2. The van der Waals surface area contributed by atoms with Gasteiger partial charge in [0.15, 0.2) is 0 Å². The van der Waals surface area contributed by atoms with Gasteiger partial charge in [0, 0.05) is 17.3 Å². The van der Waals surface area contributed by atoms with Crippen LogP contribution in [-0.4, -0.2) is 15.9 Å². The van der Waals surface area contributed by atoms with Gasteiger partial charge in [0.25, 0.3) is 5.91 Å². The van der Waals surface area contributed by atoms with E-state index in [0.717, 1.165) is 4.70 Å². The number of rotatable bonds is 2. The fourth-order valence-corrected chi connectivity index (χ4v) is 2.79. The molecule has 1 aliphatic rings. The van der Waals surface area contributed by atoms with Gasteiger partial charge in [0.1, 0.15) is 0 Å². The molecule has 0 bridgehead atoms. The van der Waals surface area contributed by atoms with E-state index in [1.165, 1.54) is 11.3 Å². The van der Waals surface area contributed by atoms with Crippen molar-refractivity contribution in [3.63, 3.8) is 0 Å². The highest BCUT2D eigenvalue weighted by atomic mass is 35.5. The maximum atomic E-state index is 12.4. The summed E-state index contributed by atoms with van der Waals surface area (Å²) in [5.41, 5.74) is 1.78. The van der Waals surface area contributed by atoms with Gasteiger partial charge in [-0.3, -0.25) is 4.79 Å². The predicted octanol–water partition coefficient (Wildman–Crippen LogP) is 3.64. The van der Waals surface area contributed by atoms with Crippen LogP contribution in [0.15, 0.2) is 59.8 Å². The Morgan fingerprint density at radius 1 is 1.19 bits per heavy atom. The summed E-state index contributed by atoms with van der Waals surface area (Å²) in [5.74, 6) is -0.218. The molecule has 0 aliphatic heterocycles. The molecule has 0 atom stereocenters. The molecule has 4 nitrogen and oxygen atoms in total. The van der Waals surface area contributed by atoms with Crippen molar-refractivity contribution in [3.05, 3.63) is 70.7 Å². The van der Waals surface area contributed by atoms with E-state index in [2.05, 4.69) is 15.3 Å². The van der Waals surface area contributed by atoms with Crippen LogP contribution < -0.4 is 5.32 Å². The van der Waals surface area contributed by atoms with Crippen LogP contribution in [0.5, 0.6) is 0 Å². The molecule has 3 rings (SSSR count). The fourth-order valence-electron chi connectivity index (χ4n) is 1.82. The monoisotopic (exact) mass is 315 g/mol. The lowest BCUT2D eigenvalue weighted by Gasteiger charge is -2.05. The maximum Gasteiger partial charge on any atom is 0.258 e. The lowest BCUT2D eigenvalue weighted by atomic mass is 10.2. The summed E-state index contributed by atoms with van der Waals surface area (Å²) in [5, 5.41) is 4.74. The van der Waals surface area contributed by atoms with E-state index >= 15 is 0 Å². The lowest BCUT2D eigenvalue weighted by molar-refractivity contribution is 0.0969. The second kappa shape index (κ2) is 6.03. The van der Waals surface area contributed by atoms with Crippen LogP contribution >= 0.6 is 22.9 Å². The summed E-state index contributed by atoms with van der Waals surface area (Å²) in [6.07, 6.45) is 14.7. The summed E-state index contributed by atoms with van der Waals surface area (Å²) in [4.78, 5) is 20.4. The van der Waals surface area contributed by atoms with Crippen LogP contribution in [0.4, 0.5) is 0 Å². The van der Waals surface area contributed by atoms with Gasteiger partial charge in [-0.25, -0.2) is 9.97 Å². The summed E-state index contributed by atoms with van der Waals surface area (Å²) >= 11 is 7.21. The van der Waals surface area contributed by atoms with Crippen LogP contribution in [0.3, 0.4) is 0 Å². The smallest absolute Gasteiger partial charge is 0.258 e. The number of halogens is 1. The van der Waals surface area contributed by atoms with Crippen LogP contribution in [0, 0.1) is 0 Å². The molecule has 0 spiro atoms. The molecule has 0 aromatic carbocycles. The van der Waals surface area contributed by atoms with Crippen molar-refractivity contribution in [2.45, 2.75) is 0 Å². The van der Waals surface area contributed by atoms with Gasteiger partial charge in [-0.05, 0) is 23.8 Å². The molecule has 2 heterocycles. The van der Waals surface area contributed by atoms with Gasteiger partial charge in [0.2, 0.25) is 5.28 Å². The summed E-state index contributed by atoms with van der Waals surface area (Å²) in [6.45, 7) is 0. The predicted molar refractivity (Wildman–Crippen MR) is 85.4 cm³/mol. The van der Waals surface area contributed by atoms with E-state index in [0.29, 0.717) is 16.8 Å². The molecule has 1 aliphatic carbocycles. The van der Waals surface area contributed by atoms with Crippen LogP contribution in [-0.2, 0) is 0 Å². The molecule has 2 aromatic rings. The van der Waals surface area contributed by atoms with Crippen molar-refractivity contribution < 1.29 is 4.79 Å². The van der Waals surface area contributed by atoms with E-state index < -0.39 is 0 Å². The Morgan fingerprint density at radius 2 is 2.00 bits per heavy atom. The zero-order valence-corrected chi connectivity index (χ0v) is 12.4. The molecule has 6 heteroatoms. The van der Waals surface area contributed by atoms with Crippen molar-refractivity contribution in [1.29, 1.82) is 0 Å². The minimum atomic E-state index is -0.218. The van der Waals surface area contributed by atoms with Crippen molar-refractivity contribution >= 4 is 39.1 Å². The third-order valence-electron chi connectivity index (χ3n) is 2.78. The Labute approximate surface area is 130 Å². The van der Waals surface area contributed by atoms with Crippen molar-refractivity contribution in [2.24, 2.45) is 0 Å². The highest BCUT2D eigenvalue weighted by molar-refractivity contribution is 7.17. The molecule has 0 radical (unpaired) electrons. The molecule has 1 N–H and O–H groups in total. The number of carbonyl (C=O) groups is 1. The average Bonchev–Trinajstić information content (AvgIpc) is 2.84. The number of allylic oxidation sites excluding steroid dienone is 7. The second-order valence-corrected chi connectivity index (χ2v) is 5.46. The Kier molecular flexibility index (Phi) is 3.94. The molecule has 0 fully saturated rings. The number of aromatic nitrogens is 2. The first-order valence-electron chi connectivity index (χ1n) is 6.17. The lowest BCUT2D eigenvalue weighted by Crippen LogP contribution is -2.21. The third-order valence-corrected chi connectivity index (χ3v) is 3.87. The molecule has 1 amide bonds. The third kappa shape index (κ3) is 3.09. The number of nitrogens with one attached hydrogen (secondary N) is 1. The molecule has 104 valence electrons. The number of nitrogens with zero attached hydrogens (tertiary/aromatic N) is 2. The van der Waals surface area contributed by atoms with Crippen LogP contribution in [0.2, 0.25) is 5.28 Å². The number of carbonyl (C=O) groups excluding carboxylic acids is 1. The first kappa shape index (κ1) is 13.7. The highest BCUT2D eigenvalue weighted by Gasteiger charge is 2.14. The largest absolute Gasteiger partial charge is 0.322 e. The number of fused-ring (bicyclic) bond motifs is 1. The van der Waals surface area contributed by atoms with E-state index in [-0.39, 0.29) is 11.2 Å². The van der Waals surface area contributed by atoms with Gasteiger partial charge in [-0.2, -0.15) is 0 Å². The Balaban J connectivity index is 1.89. The van der Waals surface area contributed by atoms with Gasteiger partial charge >= 0.3 is 0 Å². The summed E-state index contributed by atoms with van der Waals surface area (Å²) in [7, 11) is 0. The number of amides is 1. The zero-order chi connectivity index (χ0) is 14.7. The molecule has 2 aromatic heterocycles. The van der Waals surface area contributed by atoms with Gasteiger partial charge < -0.3 is 5.32 Å². The molecule has 0 saturated heterocycles. The average molecular weight is 316 g/mol. The molecule has 0 saturated carbocycles. The summed E-state index contributed by atoms with van der Waals surface area (Å²) in [6, 6.07) is 0. The highest BCUT2D eigenvalue weighted by Crippen LogP contribution is 2.24. The van der Waals surface area contributed by atoms with E-state index in [4.69, 9.17) is 11.6 Å². The molecule has 0 unspecified atom stereocenters. The second-order valence-electron chi connectivity index (χ2n) is 4.21. The topological polar surface area (TPSA) is 54.9 Å². The maximum absolute atomic E-state index is 12.4. The van der Waals surface area contributed by atoms with Crippen molar-refractivity contribution in [1.82, 2.24) is 15.3 Å². The standard InChI is InChI=1S/C15H10ClN3OS/c16-15-17-8-12-13(19-15)11(9-21-12)14(20)18-10-6-4-2-1-3-5-7-10/h1-9H,(H,18,20)/b2-1-,3-1?,4-2?,5-3-,6-4?,7-5?,10-6?,10-7?. The van der Waals surface area contributed by atoms with Crippen molar-refractivity contribution in [3.8, 4) is 0 Å². The van der Waals surface area contributed by atoms with Crippen LogP contribution in [0.1, 0.15) is 10.4 Å². The number of hydrogen-bond donors (Lipinski definition) is 1. The van der Waals surface area contributed by atoms with Gasteiger partial charge in [-0.1, -0.05) is 30.4 Å². The quantitative estimate of drug-likeness (QED) is 0.861.